The van der Waals surface area contributed by atoms with Crippen molar-refractivity contribution in [2.75, 3.05) is 6.54 Å². The van der Waals surface area contributed by atoms with Crippen molar-refractivity contribution in [2.45, 2.75) is 39.4 Å². The molecule has 2 aromatic carbocycles. The smallest absolute Gasteiger partial charge is 0.407 e. The molecule has 0 saturated carbocycles. The quantitative estimate of drug-likeness (QED) is 0.749. The van der Waals surface area contributed by atoms with Gasteiger partial charge in [-0.2, -0.15) is 0 Å². The molecule has 0 saturated heterocycles. The fraction of sp³-hybridized carbons (Fsp3) is 0.333. The molecule has 0 radical (unpaired) electrons. The van der Waals surface area contributed by atoms with Gasteiger partial charge in [-0.1, -0.05) is 42.5 Å². The maximum Gasteiger partial charge on any atom is 0.407 e. The Morgan fingerprint density at radius 3 is 2.42 bits per heavy atom. The van der Waals surface area contributed by atoms with Gasteiger partial charge in [0.15, 0.2) is 5.78 Å². The van der Waals surface area contributed by atoms with Crippen LogP contribution >= 0.6 is 0 Å². The molecule has 0 heterocycles. The monoisotopic (exact) mass is 355 g/mol. The van der Waals surface area contributed by atoms with Crippen LogP contribution in [0.1, 0.15) is 43.1 Å². The maximum atomic E-state index is 12.3. The average Bonchev–Trinajstić information content (AvgIpc) is 2.59. The molecule has 26 heavy (non-hydrogen) atoms. The minimum Gasteiger partial charge on any atom is -0.489 e. The van der Waals surface area contributed by atoms with Crippen molar-refractivity contribution in [3.05, 3.63) is 65.7 Å². The lowest BCUT2D eigenvalue weighted by atomic mass is 10.1. The van der Waals surface area contributed by atoms with E-state index in [2.05, 4.69) is 5.32 Å². The van der Waals surface area contributed by atoms with Crippen molar-refractivity contribution < 1.29 is 19.1 Å². The van der Waals surface area contributed by atoms with Crippen LogP contribution in [0.3, 0.4) is 0 Å². The Morgan fingerprint density at radius 1 is 1.00 bits per heavy atom. The zero-order valence-electron chi connectivity index (χ0n) is 15.5. The molecule has 0 spiro atoms. The van der Waals surface area contributed by atoms with Gasteiger partial charge in [0.05, 0.1) is 0 Å². The third-order valence-electron chi connectivity index (χ3n) is 3.42. The normalized spacial score (nSPS) is 10.9. The predicted octanol–water partition coefficient (Wildman–Crippen LogP) is 4.36. The second-order valence-electron chi connectivity index (χ2n) is 6.90. The molecule has 138 valence electrons. The first kappa shape index (κ1) is 19.5. The number of Topliss-reactive ketones (excluding diaryl/α,β-unsaturated/α-hetero) is 1. The highest BCUT2D eigenvalue weighted by molar-refractivity contribution is 5.96. The van der Waals surface area contributed by atoms with Gasteiger partial charge >= 0.3 is 6.09 Å². The molecule has 0 atom stereocenters. The van der Waals surface area contributed by atoms with E-state index in [1.54, 1.807) is 39.0 Å². The van der Waals surface area contributed by atoms with E-state index in [1.807, 2.05) is 36.4 Å². The summed E-state index contributed by atoms with van der Waals surface area (Å²) in [4.78, 5) is 23.9. The second-order valence-corrected chi connectivity index (χ2v) is 6.90. The van der Waals surface area contributed by atoms with Gasteiger partial charge < -0.3 is 14.8 Å². The fourth-order valence-corrected chi connectivity index (χ4v) is 2.24. The van der Waals surface area contributed by atoms with E-state index in [-0.39, 0.29) is 18.7 Å². The van der Waals surface area contributed by atoms with E-state index in [9.17, 15) is 9.59 Å². The van der Waals surface area contributed by atoms with Crippen LogP contribution in [0.5, 0.6) is 5.75 Å². The van der Waals surface area contributed by atoms with Crippen LogP contribution in [0, 0.1) is 0 Å². The molecule has 0 aliphatic rings. The Balaban J connectivity index is 1.82. The van der Waals surface area contributed by atoms with E-state index < -0.39 is 11.7 Å². The van der Waals surface area contributed by atoms with E-state index in [4.69, 9.17) is 9.47 Å². The number of amides is 1. The number of rotatable bonds is 7. The number of carbonyl (C=O) groups excluding carboxylic acids is 2. The van der Waals surface area contributed by atoms with Crippen molar-refractivity contribution in [3.63, 3.8) is 0 Å². The van der Waals surface area contributed by atoms with Gasteiger partial charge in [-0.25, -0.2) is 4.79 Å². The highest BCUT2D eigenvalue weighted by Gasteiger charge is 2.16. The summed E-state index contributed by atoms with van der Waals surface area (Å²) in [7, 11) is 0. The molecule has 0 aliphatic heterocycles. The lowest BCUT2D eigenvalue weighted by Crippen LogP contribution is -2.33. The summed E-state index contributed by atoms with van der Waals surface area (Å²) < 4.78 is 10.9. The molecule has 5 nitrogen and oxygen atoms in total. The summed E-state index contributed by atoms with van der Waals surface area (Å²) in [5, 5.41) is 2.59. The van der Waals surface area contributed by atoms with Crippen molar-refractivity contribution in [1.82, 2.24) is 5.32 Å². The van der Waals surface area contributed by atoms with E-state index in [1.165, 1.54) is 0 Å². The zero-order chi connectivity index (χ0) is 19.0. The first-order valence-electron chi connectivity index (χ1n) is 8.60. The summed E-state index contributed by atoms with van der Waals surface area (Å²) in [6.45, 7) is 6.04. The Hall–Kier alpha value is -2.82. The molecule has 2 rings (SSSR count). The molecule has 0 fully saturated rings. The van der Waals surface area contributed by atoms with Crippen LogP contribution in [0.15, 0.2) is 54.6 Å². The van der Waals surface area contributed by atoms with Gasteiger partial charge in [-0.3, -0.25) is 4.79 Å². The van der Waals surface area contributed by atoms with Gasteiger partial charge in [0, 0.05) is 18.5 Å². The van der Waals surface area contributed by atoms with Crippen LogP contribution in [-0.2, 0) is 11.3 Å². The molecule has 0 aromatic heterocycles. The number of ketones is 1. The van der Waals surface area contributed by atoms with E-state index >= 15 is 0 Å². The molecular formula is C21H25NO4. The van der Waals surface area contributed by atoms with Crippen LogP contribution < -0.4 is 10.1 Å². The minimum absolute atomic E-state index is 0.0637. The maximum absolute atomic E-state index is 12.3. The molecular weight excluding hydrogens is 330 g/mol. The average molecular weight is 355 g/mol. The molecule has 1 N–H and O–H groups in total. The van der Waals surface area contributed by atoms with E-state index in [0.717, 1.165) is 5.56 Å². The number of alkyl carbamates (subject to hydrolysis) is 1. The number of hydrogen-bond donors (Lipinski definition) is 1. The lowest BCUT2D eigenvalue weighted by molar-refractivity contribution is 0.0527. The summed E-state index contributed by atoms with van der Waals surface area (Å²) in [6, 6.07) is 16.9. The summed E-state index contributed by atoms with van der Waals surface area (Å²) in [5.41, 5.74) is 1.06. The number of nitrogens with one attached hydrogen (secondary N) is 1. The standard InChI is InChI=1S/C21H25NO4/c1-21(2,3)26-20(24)22-13-12-19(23)17-10-7-11-18(14-17)25-15-16-8-5-4-6-9-16/h4-11,14H,12-13,15H2,1-3H3,(H,22,24). The van der Waals surface area contributed by atoms with Crippen LogP contribution in [0.4, 0.5) is 4.79 Å². The fourth-order valence-electron chi connectivity index (χ4n) is 2.24. The molecule has 2 aromatic rings. The molecule has 0 unspecified atom stereocenters. The molecule has 0 bridgehead atoms. The van der Waals surface area contributed by atoms with Crippen molar-refractivity contribution in [3.8, 4) is 5.75 Å². The Bertz CT molecular complexity index is 735. The zero-order valence-corrected chi connectivity index (χ0v) is 15.5. The minimum atomic E-state index is -0.557. The topological polar surface area (TPSA) is 64.6 Å². The molecule has 5 heteroatoms. The van der Waals surface area contributed by atoms with Crippen molar-refractivity contribution >= 4 is 11.9 Å². The predicted molar refractivity (Wildman–Crippen MR) is 100 cm³/mol. The SMILES string of the molecule is CC(C)(C)OC(=O)NCCC(=O)c1cccc(OCc2ccccc2)c1. The third kappa shape index (κ3) is 6.97. The number of hydrogen-bond acceptors (Lipinski definition) is 4. The summed E-state index contributed by atoms with van der Waals surface area (Å²) in [5.74, 6) is 0.575. The van der Waals surface area contributed by atoms with Gasteiger partial charge in [0.25, 0.3) is 0 Å². The number of benzene rings is 2. The van der Waals surface area contributed by atoms with Gasteiger partial charge in [0.1, 0.15) is 18.0 Å². The first-order valence-corrected chi connectivity index (χ1v) is 8.60. The van der Waals surface area contributed by atoms with Crippen LogP contribution in [-0.4, -0.2) is 24.0 Å². The van der Waals surface area contributed by atoms with Crippen molar-refractivity contribution in [1.29, 1.82) is 0 Å². The Kier molecular flexibility index (Phi) is 6.78. The van der Waals surface area contributed by atoms with Gasteiger partial charge in [0.2, 0.25) is 0 Å². The summed E-state index contributed by atoms with van der Waals surface area (Å²) >= 11 is 0. The third-order valence-corrected chi connectivity index (χ3v) is 3.42. The second kappa shape index (κ2) is 9.04. The van der Waals surface area contributed by atoms with E-state index in [0.29, 0.717) is 17.9 Å². The first-order chi connectivity index (χ1) is 12.3. The van der Waals surface area contributed by atoms with Crippen LogP contribution in [0.2, 0.25) is 0 Å². The number of carbonyl (C=O) groups is 2. The summed E-state index contributed by atoms with van der Waals surface area (Å²) in [6.07, 6.45) is -0.327. The highest BCUT2D eigenvalue weighted by atomic mass is 16.6. The Morgan fingerprint density at radius 2 is 1.73 bits per heavy atom. The van der Waals surface area contributed by atoms with Crippen LogP contribution in [0.25, 0.3) is 0 Å². The van der Waals surface area contributed by atoms with Gasteiger partial charge in [-0.15, -0.1) is 0 Å². The number of ether oxygens (including phenoxy) is 2. The van der Waals surface area contributed by atoms with Crippen molar-refractivity contribution in [2.24, 2.45) is 0 Å². The highest BCUT2D eigenvalue weighted by Crippen LogP contribution is 2.16. The lowest BCUT2D eigenvalue weighted by Gasteiger charge is -2.19. The molecule has 0 aliphatic carbocycles. The molecule has 1 amide bonds. The Labute approximate surface area is 154 Å². The van der Waals surface area contributed by atoms with Gasteiger partial charge in [-0.05, 0) is 38.5 Å². The largest absolute Gasteiger partial charge is 0.489 e.